The summed E-state index contributed by atoms with van der Waals surface area (Å²) in [5.74, 6) is 0.0906. The zero-order valence-corrected chi connectivity index (χ0v) is 11.2. The van der Waals surface area contributed by atoms with Gasteiger partial charge in [-0.1, -0.05) is 12.1 Å². The highest BCUT2D eigenvalue weighted by molar-refractivity contribution is 6.06. The number of hydrogen-bond donors (Lipinski definition) is 2. The first-order chi connectivity index (χ1) is 9.02. The molecule has 0 radical (unpaired) electrons. The van der Waals surface area contributed by atoms with Crippen molar-refractivity contribution in [2.45, 2.75) is 20.3 Å². The molecule has 0 aliphatic carbocycles. The number of rotatable bonds is 5. The molecule has 0 unspecified atom stereocenters. The van der Waals surface area contributed by atoms with Gasteiger partial charge in [0.2, 0.25) is 11.8 Å². The maximum atomic E-state index is 11.8. The lowest BCUT2D eigenvalue weighted by Gasteiger charge is -2.09. The molecule has 0 atom stereocenters. The summed E-state index contributed by atoms with van der Waals surface area (Å²) in [5, 5.41) is 6.50. The highest BCUT2D eigenvalue weighted by atomic mass is 16.5. The van der Waals surface area contributed by atoms with Gasteiger partial charge < -0.3 is 10.1 Å². The third-order valence-corrected chi connectivity index (χ3v) is 2.20. The first-order valence-corrected chi connectivity index (χ1v) is 5.75. The Morgan fingerprint density at radius 2 is 1.95 bits per heavy atom. The molecule has 0 aromatic heterocycles. The van der Waals surface area contributed by atoms with Crippen LogP contribution in [0.15, 0.2) is 29.4 Å². The van der Waals surface area contributed by atoms with Gasteiger partial charge in [0.05, 0.1) is 19.2 Å². The molecule has 0 saturated heterocycles. The maximum Gasteiger partial charge on any atom is 0.236 e. The van der Waals surface area contributed by atoms with E-state index in [-0.39, 0.29) is 18.2 Å². The van der Waals surface area contributed by atoms with Crippen molar-refractivity contribution in [1.82, 2.24) is 5.43 Å². The molecule has 6 nitrogen and oxygen atoms in total. The van der Waals surface area contributed by atoms with Crippen LogP contribution in [0, 0.1) is 0 Å². The van der Waals surface area contributed by atoms with Gasteiger partial charge in [-0.05, 0) is 19.1 Å². The molecule has 0 bridgehead atoms. The number of carbonyl (C=O) groups is 2. The van der Waals surface area contributed by atoms with E-state index in [0.717, 1.165) is 0 Å². The highest BCUT2D eigenvalue weighted by Gasteiger charge is 2.08. The van der Waals surface area contributed by atoms with Crippen molar-refractivity contribution in [3.63, 3.8) is 0 Å². The van der Waals surface area contributed by atoms with Crippen LogP contribution >= 0.6 is 0 Å². The molecule has 1 aromatic carbocycles. The van der Waals surface area contributed by atoms with E-state index < -0.39 is 0 Å². The fourth-order valence-corrected chi connectivity index (χ4v) is 1.39. The summed E-state index contributed by atoms with van der Waals surface area (Å²) in [6.07, 6.45) is 0.0956. The van der Waals surface area contributed by atoms with Crippen molar-refractivity contribution in [2.24, 2.45) is 5.10 Å². The van der Waals surface area contributed by atoms with Crippen molar-refractivity contribution >= 4 is 23.2 Å². The Morgan fingerprint density at radius 1 is 1.26 bits per heavy atom. The molecule has 19 heavy (non-hydrogen) atoms. The highest BCUT2D eigenvalue weighted by Crippen LogP contribution is 2.22. The summed E-state index contributed by atoms with van der Waals surface area (Å²) in [7, 11) is 1.54. The Bertz CT molecular complexity index is 498. The molecule has 0 saturated carbocycles. The lowest BCUT2D eigenvalue weighted by molar-refractivity contribution is -0.119. The molecule has 1 aromatic rings. The first-order valence-electron chi connectivity index (χ1n) is 5.75. The predicted molar refractivity (Wildman–Crippen MR) is 73.2 cm³/mol. The number of hydrogen-bond acceptors (Lipinski definition) is 4. The fraction of sp³-hybridized carbons (Fsp3) is 0.308. The summed E-state index contributed by atoms with van der Waals surface area (Å²) in [6, 6.07) is 7.12. The zero-order valence-electron chi connectivity index (χ0n) is 11.2. The number of para-hydroxylation sites is 2. The van der Waals surface area contributed by atoms with Gasteiger partial charge in [-0.15, -0.1) is 0 Å². The largest absolute Gasteiger partial charge is 0.495 e. The second-order valence-corrected chi connectivity index (χ2v) is 3.94. The van der Waals surface area contributed by atoms with Crippen LogP contribution < -0.4 is 15.5 Å². The Hall–Kier alpha value is -2.37. The van der Waals surface area contributed by atoms with E-state index in [2.05, 4.69) is 15.8 Å². The minimum atomic E-state index is -0.274. The van der Waals surface area contributed by atoms with E-state index in [1.807, 2.05) is 6.07 Å². The zero-order chi connectivity index (χ0) is 14.3. The summed E-state index contributed by atoms with van der Waals surface area (Å²) >= 11 is 0. The van der Waals surface area contributed by atoms with Crippen molar-refractivity contribution in [2.75, 3.05) is 12.4 Å². The van der Waals surface area contributed by atoms with Crippen LogP contribution in [-0.2, 0) is 9.59 Å². The number of hydrazone groups is 1. The van der Waals surface area contributed by atoms with Gasteiger partial charge in [0.1, 0.15) is 5.75 Å². The molecule has 102 valence electrons. The first kappa shape index (κ1) is 14.7. The molecular formula is C13H17N3O3. The average Bonchev–Trinajstić information content (AvgIpc) is 2.37. The summed E-state index contributed by atoms with van der Waals surface area (Å²) in [6.45, 7) is 3.02. The van der Waals surface area contributed by atoms with Crippen molar-refractivity contribution in [1.29, 1.82) is 0 Å². The quantitative estimate of drug-likeness (QED) is 0.624. The molecular weight excluding hydrogens is 246 g/mol. The second kappa shape index (κ2) is 7.15. The molecule has 0 heterocycles. The summed E-state index contributed by atoms with van der Waals surface area (Å²) in [4.78, 5) is 22.4. The van der Waals surface area contributed by atoms with E-state index in [0.29, 0.717) is 17.1 Å². The number of ether oxygens (including phenoxy) is 1. The molecule has 0 aliphatic heterocycles. The molecule has 6 heteroatoms. The number of nitrogens with one attached hydrogen (secondary N) is 2. The van der Waals surface area contributed by atoms with Gasteiger partial charge in [0.25, 0.3) is 0 Å². The Morgan fingerprint density at radius 3 is 2.58 bits per heavy atom. The lowest BCUT2D eigenvalue weighted by Crippen LogP contribution is -2.19. The van der Waals surface area contributed by atoms with Gasteiger partial charge in [-0.2, -0.15) is 5.10 Å². The molecule has 2 N–H and O–H groups in total. The van der Waals surface area contributed by atoms with Crippen molar-refractivity contribution < 1.29 is 14.3 Å². The lowest BCUT2D eigenvalue weighted by atomic mass is 10.2. The normalized spacial score (nSPS) is 10.8. The number of benzene rings is 1. The number of carbonyl (C=O) groups excluding carboxylic acids is 2. The topological polar surface area (TPSA) is 79.8 Å². The molecule has 1 rings (SSSR count). The van der Waals surface area contributed by atoms with Crippen LogP contribution in [-0.4, -0.2) is 24.6 Å². The Balaban J connectivity index is 2.60. The summed E-state index contributed by atoms with van der Waals surface area (Å²) < 4.78 is 5.13. The van der Waals surface area contributed by atoms with Crippen molar-refractivity contribution in [3.05, 3.63) is 24.3 Å². The van der Waals surface area contributed by atoms with E-state index in [1.54, 1.807) is 25.1 Å². The van der Waals surface area contributed by atoms with Crippen LogP contribution in [0.25, 0.3) is 0 Å². The van der Waals surface area contributed by atoms with Gasteiger partial charge in [0, 0.05) is 12.6 Å². The van der Waals surface area contributed by atoms with E-state index in [1.165, 1.54) is 14.0 Å². The van der Waals surface area contributed by atoms with Crippen LogP contribution in [0.4, 0.5) is 5.69 Å². The summed E-state index contributed by atoms with van der Waals surface area (Å²) in [5.41, 5.74) is 3.40. The van der Waals surface area contributed by atoms with Gasteiger partial charge in [0.15, 0.2) is 0 Å². The maximum absolute atomic E-state index is 11.8. The fourth-order valence-electron chi connectivity index (χ4n) is 1.39. The molecule has 0 fully saturated rings. The number of nitrogens with zero attached hydrogens (tertiary/aromatic N) is 1. The second-order valence-electron chi connectivity index (χ2n) is 3.94. The number of amides is 2. The van der Waals surface area contributed by atoms with Crippen molar-refractivity contribution in [3.8, 4) is 5.75 Å². The standard InChI is InChI=1S/C13H17N3O3/c1-9(15-16-10(2)17)8-13(18)14-11-6-4-5-7-12(11)19-3/h4-7H,8H2,1-3H3,(H,14,18)(H,16,17)/b15-9-. The van der Waals surface area contributed by atoms with Gasteiger partial charge in [-0.3, -0.25) is 9.59 Å². The third kappa shape index (κ3) is 5.20. The van der Waals surface area contributed by atoms with E-state index >= 15 is 0 Å². The van der Waals surface area contributed by atoms with Crippen LogP contribution in [0.5, 0.6) is 5.75 Å². The van der Waals surface area contributed by atoms with E-state index in [4.69, 9.17) is 4.74 Å². The van der Waals surface area contributed by atoms with Gasteiger partial charge >= 0.3 is 0 Å². The minimum Gasteiger partial charge on any atom is -0.495 e. The third-order valence-electron chi connectivity index (χ3n) is 2.20. The van der Waals surface area contributed by atoms with Crippen LogP contribution in [0.1, 0.15) is 20.3 Å². The molecule has 0 aliphatic rings. The van der Waals surface area contributed by atoms with E-state index in [9.17, 15) is 9.59 Å². The smallest absolute Gasteiger partial charge is 0.236 e. The Kier molecular flexibility index (Phi) is 5.53. The number of methoxy groups -OCH3 is 1. The Labute approximate surface area is 111 Å². The average molecular weight is 263 g/mol. The van der Waals surface area contributed by atoms with Gasteiger partial charge in [-0.25, -0.2) is 5.43 Å². The SMILES string of the molecule is COc1ccccc1NC(=O)C/C(C)=N\NC(C)=O. The number of anilines is 1. The van der Waals surface area contributed by atoms with Crippen LogP contribution in [0.2, 0.25) is 0 Å². The monoisotopic (exact) mass is 263 g/mol. The van der Waals surface area contributed by atoms with Crippen LogP contribution in [0.3, 0.4) is 0 Å². The molecule has 2 amide bonds. The predicted octanol–water partition coefficient (Wildman–Crippen LogP) is 1.54. The molecule has 0 spiro atoms. The minimum absolute atomic E-state index is 0.0956.